The molecule has 0 aliphatic heterocycles. The largest absolute Gasteiger partial charge is 0.467 e. The van der Waals surface area contributed by atoms with Crippen molar-refractivity contribution >= 4 is 23.6 Å². The molecule has 1 atom stereocenters. The Labute approximate surface area is 129 Å². The maximum Gasteiger partial charge on any atom is 0.328 e. The zero-order valence-corrected chi connectivity index (χ0v) is 13.2. The van der Waals surface area contributed by atoms with E-state index in [4.69, 9.17) is 4.74 Å². The second kappa shape index (κ2) is 10.2. The molecule has 0 aliphatic carbocycles. The van der Waals surface area contributed by atoms with Crippen LogP contribution in [0.15, 0.2) is 30.3 Å². The van der Waals surface area contributed by atoms with Gasteiger partial charge in [-0.3, -0.25) is 4.79 Å². The van der Waals surface area contributed by atoms with Crippen molar-refractivity contribution in [2.75, 3.05) is 25.7 Å². The van der Waals surface area contributed by atoms with Crippen LogP contribution in [0.25, 0.3) is 0 Å². The Morgan fingerprint density at radius 2 is 2.00 bits per heavy atom. The van der Waals surface area contributed by atoms with E-state index >= 15 is 0 Å². The molecular weight excluding hydrogens is 288 g/mol. The Balaban J connectivity index is 2.34. The maximum atomic E-state index is 11.8. The summed E-state index contributed by atoms with van der Waals surface area (Å²) in [6.45, 7) is 0.781. The van der Waals surface area contributed by atoms with E-state index in [1.54, 1.807) is 11.8 Å². The molecule has 0 fully saturated rings. The van der Waals surface area contributed by atoms with Crippen molar-refractivity contribution in [1.82, 2.24) is 10.6 Å². The van der Waals surface area contributed by atoms with Crippen molar-refractivity contribution < 1.29 is 14.3 Å². The molecule has 0 saturated carbocycles. The van der Waals surface area contributed by atoms with E-state index < -0.39 is 12.0 Å². The van der Waals surface area contributed by atoms with Crippen molar-refractivity contribution in [2.45, 2.75) is 19.0 Å². The number of thioether (sulfide) groups is 1. The molecule has 1 aromatic carbocycles. The minimum absolute atomic E-state index is 0.168. The Bertz CT molecular complexity index is 440. The molecule has 1 rings (SSSR count). The van der Waals surface area contributed by atoms with Gasteiger partial charge in [0.05, 0.1) is 13.7 Å². The fraction of sp³-hybridized carbons (Fsp3) is 0.467. The van der Waals surface area contributed by atoms with Gasteiger partial charge in [-0.25, -0.2) is 4.79 Å². The van der Waals surface area contributed by atoms with Crippen molar-refractivity contribution in [1.29, 1.82) is 0 Å². The molecule has 116 valence electrons. The molecule has 0 saturated heterocycles. The molecule has 0 spiro atoms. The predicted molar refractivity (Wildman–Crippen MR) is 85.1 cm³/mol. The molecule has 0 bridgehead atoms. The molecule has 0 heterocycles. The van der Waals surface area contributed by atoms with Gasteiger partial charge in [0.2, 0.25) is 5.91 Å². The van der Waals surface area contributed by atoms with Gasteiger partial charge in [-0.15, -0.1) is 0 Å². The molecule has 21 heavy (non-hydrogen) atoms. The van der Waals surface area contributed by atoms with Crippen LogP contribution in [0.3, 0.4) is 0 Å². The summed E-state index contributed by atoms with van der Waals surface area (Å²) in [6.07, 6.45) is 2.52. The monoisotopic (exact) mass is 310 g/mol. The average molecular weight is 310 g/mol. The first-order valence-electron chi connectivity index (χ1n) is 6.78. The van der Waals surface area contributed by atoms with E-state index in [1.807, 2.05) is 36.6 Å². The summed E-state index contributed by atoms with van der Waals surface area (Å²) in [4.78, 5) is 23.4. The summed E-state index contributed by atoms with van der Waals surface area (Å²) in [6, 6.07) is 9.25. The topological polar surface area (TPSA) is 67.4 Å². The van der Waals surface area contributed by atoms with E-state index in [9.17, 15) is 9.59 Å². The predicted octanol–water partition coefficient (Wildman–Crippen LogP) is 1.19. The molecule has 1 amide bonds. The van der Waals surface area contributed by atoms with Crippen LogP contribution in [-0.4, -0.2) is 43.6 Å². The number of nitrogens with one attached hydrogen (secondary N) is 2. The van der Waals surface area contributed by atoms with Gasteiger partial charge in [-0.05, 0) is 24.0 Å². The van der Waals surface area contributed by atoms with Crippen LogP contribution in [0, 0.1) is 0 Å². The van der Waals surface area contributed by atoms with Crippen LogP contribution >= 0.6 is 11.8 Å². The standard InChI is InChI=1S/C15H22N2O3S/c1-20-15(19)13(8-9-21-2)17-14(18)11-16-10-12-6-4-3-5-7-12/h3-7,13,16H,8-11H2,1-2H3,(H,17,18). The number of hydrogen-bond acceptors (Lipinski definition) is 5. The van der Waals surface area contributed by atoms with Crippen molar-refractivity contribution in [3.63, 3.8) is 0 Å². The van der Waals surface area contributed by atoms with E-state index in [2.05, 4.69) is 10.6 Å². The molecule has 5 nitrogen and oxygen atoms in total. The minimum Gasteiger partial charge on any atom is -0.467 e. The summed E-state index contributed by atoms with van der Waals surface area (Å²) in [5.41, 5.74) is 1.11. The molecular formula is C15H22N2O3S. The first kappa shape index (κ1) is 17.5. The van der Waals surface area contributed by atoms with Gasteiger partial charge in [-0.2, -0.15) is 11.8 Å². The fourth-order valence-electron chi connectivity index (χ4n) is 1.79. The van der Waals surface area contributed by atoms with E-state index in [-0.39, 0.29) is 12.5 Å². The lowest BCUT2D eigenvalue weighted by atomic mass is 10.2. The van der Waals surface area contributed by atoms with Gasteiger partial charge in [-0.1, -0.05) is 30.3 Å². The molecule has 0 aliphatic rings. The number of rotatable bonds is 9. The van der Waals surface area contributed by atoms with E-state index in [0.717, 1.165) is 11.3 Å². The van der Waals surface area contributed by atoms with Crippen LogP contribution in [-0.2, 0) is 20.9 Å². The van der Waals surface area contributed by atoms with Gasteiger partial charge in [0.15, 0.2) is 0 Å². The van der Waals surface area contributed by atoms with Gasteiger partial charge >= 0.3 is 5.97 Å². The summed E-state index contributed by atoms with van der Waals surface area (Å²) >= 11 is 1.63. The van der Waals surface area contributed by atoms with Crippen LogP contribution in [0.1, 0.15) is 12.0 Å². The van der Waals surface area contributed by atoms with Gasteiger partial charge in [0.25, 0.3) is 0 Å². The van der Waals surface area contributed by atoms with Crippen LogP contribution < -0.4 is 10.6 Å². The maximum absolute atomic E-state index is 11.8. The highest BCUT2D eigenvalue weighted by atomic mass is 32.2. The third-order valence-electron chi connectivity index (χ3n) is 2.89. The lowest BCUT2D eigenvalue weighted by molar-refractivity contribution is -0.145. The van der Waals surface area contributed by atoms with Gasteiger partial charge < -0.3 is 15.4 Å². The van der Waals surface area contributed by atoms with Crippen molar-refractivity contribution in [3.8, 4) is 0 Å². The second-order valence-corrected chi connectivity index (χ2v) is 5.50. The van der Waals surface area contributed by atoms with E-state index in [0.29, 0.717) is 13.0 Å². The molecule has 1 unspecified atom stereocenters. The lowest BCUT2D eigenvalue weighted by Gasteiger charge is -2.16. The van der Waals surface area contributed by atoms with Crippen LogP contribution in [0.2, 0.25) is 0 Å². The number of methoxy groups -OCH3 is 1. The van der Waals surface area contributed by atoms with Crippen molar-refractivity contribution in [2.24, 2.45) is 0 Å². The van der Waals surface area contributed by atoms with E-state index in [1.165, 1.54) is 7.11 Å². The zero-order valence-electron chi connectivity index (χ0n) is 12.4. The quantitative estimate of drug-likeness (QED) is 0.671. The van der Waals surface area contributed by atoms with Gasteiger partial charge in [0.1, 0.15) is 6.04 Å². The number of benzene rings is 1. The summed E-state index contributed by atoms with van der Waals surface area (Å²) in [5.74, 6) is 0.181. The molecule has 0 radical (unpaired) electrons. The third kappa shape index (κ3) is 7.15. The zero-order chi connectivity index (χ0) is 15.5. The number of esters is 1. The summed E-state index contributed by atoms with van der Waals surface area (Å²) in [7, 11) is 1.33. The first-order chi connectivity index (χ1) is 10.2. The molecule has 1 aromatic rings. The number of hydrogen-bond donors (Lipinski definition) is 2. The van der Waals surface area contributed by atoms with Gasteiger partial charge in [0, 0.05) is 6.54 Å². The minimum atomic E-state index is -0.575. The Morgan fingerprint density at radius 1 is 1.29 bits per heavy atom. The number of carbonyl (C=O) groups is 2. The third-order valence-corrected chi connectivity index (χ3v) is 3.53. The lowest BCUT2D eigenvalue weighted by Crippen LogP contribution is -2.45. The highest BCUT2D eigenvalue weighted by Crippen LogP contribution is 2.02. The van der Waals surface area contributed by atoms with Crippen LogP contribution in [0.4, 0.5) is 0 Å². The Hall–Kier alpha value is -1.53. The Kier molecular flexibility index (Phi) is 8.54. The molecule has 2 N–H and O–H groups in total. The summed E-state index contributed by atoms with van der Waals surface area (Å²) in [5, 5.41) is 5.75. The summed E-state index contributed by atoms with van der Waals surface area (Å²) < 4.78 is 4.70. The number of amides is 1. The second-order valence-electron chi connectivity index (χ2n) is 4.51. The SMILES string of the molecule is COC(=O)C(CCSC)NC(=O)CNCc1ccccc1. The highest BCUT2D eigenvalue weighted by Gasteiger charge is 2.20. The highest BCUT2D eigenvalue weighted by molar-refractivity contribution is 7.98. The Morgan fingerprint density at radius 3 is 2.62 bits per heavy atom. The molecule has 6 heteroatoms. The van der Waals surface area contributed by atoms with Crippen LogP contribution in [0.5, 0.6) is 0 Å². The molecule has 0 aromatic heterocycles. The first-order valence-corrected chi connectivity index (χ1v) is 8.17. The van der Waals surface area contributed by atoms with Crippen molar-refractivity contribution in [3.05, 3.63) is 35.9 Å². The average Bonchev–Trinajstić information content (AvgIpc) is 2.51. The normalized spacial score (nSPS) is 11.7. The number of ether oxygens (including phenoxy) is 1. The smallest absolute Gasteiger partial charge is 0.328 e. The number of carbonyl (C=O) groups excluding carboxylic acids is 2. The fourth-order valence-corrected chi connectivity index (χ4v) is 2.26.